The Morgan fingerprint density at radius 1 is 1.30 bits per heavy atom. The van der Waals surface area contributed by atoms with Crippen molar-refractivity contribution in [2.45, 2.75) is 6.92 Å². The number of hydrogen-bond acceptors (Lipinski definition) is 4. The molecule has 0 unspecified atom stereocenters. The number of halogens is 1. The monoisotopic (exact) mass is 290 g/mol. The van der Waals surface area contributed by atoms with Crippen LogP contribution in [0.25, 0.3) is 6.08 Å². The average Bonchev–Trinajstić information content (AvgIpc) is 2.37. The van der Waals surface area contributed by atoms with Crippen LogP contribution in [0.2, 0.25) is 5.02 Å². The molecule has 1 aromatic heterocycles. The molecule has 0 bridgehead atoms. The van der Waals surface area contributed by atoms with Gasteiger partial charge in [0.1, 0.15) is 17.1 Å². The average molecular weight is 291 g/mol. The lowest BCUT2D eigenvalue weighted by Gasteiger charge is -2.00. The first-order valence-electron chi connectivity index (χ1n) is 5.79. The minimum Gasteiger partial charge on any atom is -0.507 e. The molecule has 4 nitrogen and oxygen atoms in total. The largest absolute Gasteiger partial charge is 0.507 e. The third-order valence-corrected chi connectivity index (χ3v) is 2.85. The molecular formula is C15H11ClO4. The number of hydrogen-bond donors (Lipinski definition) is 1. The first-order chi connectivity index (χ1) is 9.47. The van der Waals surface area contributed by atoms with Crippen LogP contribution in [0.15, 0.2) is 45.6 Å². The molecule has 0 atom stereocenters. The highest BCUT2D eigenvalue weighted by Gasteiger charge is 2.15. The number of benzene rings is 1. The van der Waals surface area contributed by atoms with Gasteiger partial charge in [0, 0.05) is 11.1 Å². The molecule has 2 aromatic rings. The molecule has 0 aliphatic heterocycles. The topological polar surface area (TPSA) is 67.5 Å². The second kappa shape index (κ2) is 5.75. The maximum atomic E-state index is 11.9. The predicted octanol–water partition coefficient (Wildman–Crippen LogP) is 3.20. The van der Waals surface area contributed by atoms with E-state index in [4.69, 9.17) is 16.0 Å². The molecule has 0 radical (unpaired) electrons. The Morgan fingerprint density at radius 2 is 1.95 bits per heavy atom. The molecule has 20 heavy (non-hydrogen) atoms. The standard InChI is InChI=1S/C15H11ClO4/c1-9-8-13(18)14(15(19)20-9)12(17)7-4-10-2-5-11(16)6-3-10/h2-8,18H,1H3/b7-4+. The van der Waals surface area contributed by atoms with E-state index in [1.54, 1.807) is 24.3 Å². The Morgan fingerprint density at radius 3 is 2.55 bits per heavy atom. The van der Waals surface area contributed by atoms with Crippen molar-refractivity contribution in [3.05, 3.63) is 68.7 Å². The summed E-state index contributed by atoms with van der Waals surface area (Å²) in [5.74, 6) is -0.763. The van der Waals surface area contributed by atoms with Crippen LogP contribution in [0.1, 0.15) is 21.7 Å². The van der Waals surface area contributed by atoms with Crippen molar-refractivity contribution in [1.82, 2.24) is 0 Å². The maximum absolute atomic E-state index is 11.9. The fourth-order valence-electron chi connectivity index (χ4n) is 1.65. The number of allylic oxidation sites excluding steroid dienone is 1. The van der Waals surface area contributed by atoms with Gasteiger partial charge in [-0.25, -0.2) is 4.79 Å². The van der Waals surface area contributed by atoms with Gasteiger partial charge in [0.25, 0.3) is 0 Å². The zero-order valence-corrected chi connectivity index (χ0v) is 11.3. The van der Waals surface area contributed by atoms with E-state index in [9.17, 15) is 14.7 Å². The number of aromatic hydroxyl groups is 1. The Labute approximate surface area is 119 Å². The van der Waals surface area contributed by atoms with Crippen LogP contribution >= 0.6 is 11.6 Å². The first-order valence-corrected chi connectivity index (χ1v) is 6.17. The van der Waals surface area contributed by atoms with Gasteiger partial charge in [-0.05, 0) is 30.7 Å². The van der Waals surface area contributed by atoms with Crippen molar-refractivity contribution in [1.29, 1.82) is 0 Å². The highest BCUT2D eigenvalue weighted by atomic mass is 35.5. The molecule has 0 fully saturated rings. The third-order valence-electron chi connectivity index (χ3n) is 2.60. The lowest BCUT2D eigenvalue weighted by atomic mass is 10.1. The van der Waals surface area contributed by atoms with Gasteiger partial charge in [0.05, 0.1) is 0 Å². The molecular weight excluding hydrogens is 280 g/mol. The van der Waals surface area contributed by atoms with E-state index in [2.05, 4.69) is 0 Å². The molecule has 0 saturated heterocycles. The van der Waals surface area contributed by atoms with Crippen molar-refractivity contribution < 1.29 is 14.3 Å². The third kappa shape index (κ3) is 3.16. The van der Waals surface area contributed by atoms with Crippen molar-refractivity contribution in [3.8, 4) is 5.75 Å². The summed E-state index contributed by atoms with van der Waals surface area (Å²) in [6.07, 6.45) is 2.72. The summed E-state index contributed by atoms with van der Waals surface area (Å²) >= 11 is 5.75. The number of carbonyl (C=O) groups is 1. The Bertz CT molecular complexity index is 727. The summed E-state index contributed by atoms with van der Waals surface area (Å²) in [5.41, 5.74) is -0.479. The first kappa shape index (κ1) is 14.1. The minimum atomic E-state index is -0.853. The maximum Gasteiger partial charge on any atom is 0.351 e. The fourth-order valence-corrected chi connectivity index (χ4v) is 1.78. The number of rotatable bonds is 3. The quantitative estimate of drug-likeness (QED) is 0.696. The number of aryl methyl sites for hydroxylation is 1. The molecule has 0 aliphatic rings. The summed E-state index contributed by atoms with van der Waals surface area (Å²) in [6, 6.07) is 8.05. The van der Waals surface area contributed by atoms with Crippen molar-refractivity contribution in [2.24, 2.45) is 0 Å². The Hall–Kier alpha value is -2.33. The second-order valence-electron chi connectivity index (χ2n) is 4.15. The molecule has 5 heteroatoms. The van der Waals surface area contributed by atoms with Crippen LogP contribution < -0.4 is 5.63 Å². The van der Waals surface area contributed by atoms with Crippen molar-refractivity contribution in [3.63, 3.8) is 0 Å². The van der Waals surface area contributed by atoms with Crippen LogP contribution in [0.5, 0.6) is 5.75 Å². The van der Waals surface area contributed by atoms with Gasteiger partial charge in [-0.1, -0.05) is 29.8 Å². The summed E-state index contributed by atoms with van der Waals surface area (Å²) in [7, 11) is 0. The van der Waals surface area contributed by atoms with E-state index in [1.165, 1.54) is 25.1 Å². The van der Waals surface area contributed by atoms with E-state index in [0.29, 0.717) is 5.02 Å². The van der Waals surface area contributed by atoms with Gasteiger partial charge >= 0.3 is 5.63 Å². The van der Waals surface area contributed by atoms with Crippen molar-refractivity contribution >= 4 is 23.5 Å². The Balaban J connectivity index is 2.29. The van der Waals surface area contributed by atoms with Crippen LogP contribution in [0.4, 0.5) is 0 Å². The Kier molecular flexibility index (Phi) is 4.05. The van der Waals surface area contributed by atoms with Gasteiger partial charge in [0.15, 0.2) is 5.78 Å². The zero-order valence-electron chi connectivity index (χ0n) is 10.6. The predicted molar refractivity (Wildman–Crippen MR) is 76.2 cm³/mol. The normalized spacial score (nSPS) is 10.9. The van der Waals surface area contributed by atoms with Crippen molar-refractivity contribution in [2.75, 3.05) is 0 Å². The molecule has 1 heterocycles. The van der Waals surface area contributed by atoms with E-state index < -0.39 is 11.4 Å². The number of ketones is 1. The van der Waals surface area contributed by atoms with Gasteiger partial charge in [-0.3, -0.25) is 4.79 Å². The summed E-state index contributed by atoms with van der Waals surface area (Å²) in [6.45, 7) is 1.51. The van der Waals surface area contributed by atoms with Gasteiger partial charge < -0.3 is 9.52 Å². The van der Waals surface area contributed by atoms with E-state index in [1.807, 2.05) is 0 Å². The van der Waals surface area contributed by atoms with Crippen LogP contribution in [0.3, 0.4) is 0 Å². The van der Waals surface area contributed by atoms with Crippen LogP contribution in [0, 0.1) is 6.92 Å². The molecule has 0 aliphatic carbocycles. The SMILES string of the molecule is Cc1cc(O)c(C(=O)/C=C/c2ccc(Cl)cc2)c(=O)o1. The van der Waals surface area contributed by atoms with Gasteiger partial charge in [-0.2, -0.15) is 0 Å². The van der Waals surface area contributed by atoms with Gasteiger partial charge in [-0.15, -0.1) is 0 Å². The highest BCUT2D eigenvalue weighted by Crippen LogP contribution is 2.16. The van der Waals surface area contributed by atoms with E-state index in [-0.39, 0.29) is 17.1 Å². The molecule has 0 spiro atoms. The molecule has 1 aromatic carbocycles. The van der Waals surface area contributed by atoms with Gasteiger partial charge in [0.2, 0.25) is 0 Å². The fraction of sp³-hybridized carbons (Fsp3) is 0.0667. The smallest absolute Gasteiger partial charge is 0.351 e. The molecule has 102 valence electrons. The van der Waals surface area contributed by atoms with E-state index in [0.717, 1.165) is 5.56 Å². The van der Waals surface area contributed by atoms with Crippen LogP contribution in [-0.4, -0.2) is 10.9 Å². The lowest BCUT2D eigenvalue weighted by molar-refractivity contribution is 0.104. The second-order valence-corrected chi connectivity index (χ2v) is 4.59. The lowest BCUT2D eigenvalue weighted by Crippen LogP contribution is -2.12. The van der Waals surface area contributed by atoms with E-state index >= 15 is 0 Å². The molecule has 0 saturated carbocycles. The molecule has 0 amide bonds. The molecule has 2 rings (SSSR count). The summed E-state index contributed by atoms with van der Waals surface area (Å²) in [5, 5.41) is 10.2. The molecule has 1 N–H and O–H groups in total. The summed E-state index contributed by atoms with van der Waals surface area (Å²) < 4.78 is 4.79. The zero-order chi connectivity index (χ0) is 14.7. The highest BCUT2D eigenvalue weighted by molar-refractivity contribution is 6.30. The van der Waals surface area contributed by atoms with Crippen LogP contribution in [-0.2, 0) is 0 Å². The summed E-state index contributed by atoms with van der Waals surface area (Å²) in [4.78, 5) is 23.5. The minimum absolute atomic E-state index is 0.241. The number of carbonyl (C=O) groups excluding carboxylic acids is 1.